The highest BCUT2D eigenvalue weighted by molar-refractivity contribution is 5.61. The Bertz CT molecular complexity index is 446. The van der Waals surface area contributed by atoms with E-state index < -0.39 is 0 Å². The Morgan fingerprint density at radius 3 is 2.86 bits per heavy atom. The molecule has 2 aromatic heterocycles. The molecule has 14 heavy (non-hydrogen) atoms. The summed E-state index contributed by atoms with van der Waals surface area (Å²) in [4.78, 5) is 0. The van der Waals surface area contributed by atoms with E-state index >= 15 is 0 Å². The van der Waals surface area contributed by atoms with Crippen molar-refractivity contribution in [1.29, 1.82) is 0 Å². The Kier molecular flexibility index (Phi) is 1.85. The largest absolute Gasteiger partial charge is 0.384 e. The fourth-order valence-electron chi connectivity index (χ4n) is 1.19. The van der Waals surface area contributed by atoms with Crippen molar-refractivity contribution in [3.8, 4) is 11.3 Å². The molecule has 0 amide bonds. The lowest BCUT2D eigenvalue weighted by Gasteiger charge is -1.89. The van der Waals surface area contributed by atoms with Crippen molar-refractivity contribution in [2.75, 3.05) is 5.73 Å². The molecule has 2 rings (SSSR count). The van der Waals surface area contributed by atoms with Gasteiger partial charge in [0.25, 0.3) is 0 Å². The fourth-order valence-corrected chi connectivity index (χ4v) is 1.19. The third-order valence-corrected chi connectivity index (χ3v) is 2.00. The van der Waals surface area contributed by atoms with Gasteiger partial charge < -0.3 is 5.73 Å². The van der Waals surface area contributed by atoms with Crippen LogP contribution >= 0.6 is 0 Å². The zero-order valence-corrected chi connectivity index (χ0v) is 7.88. The summed E-state index contributed by atoms with van der Waals surface area (Å²) >= 11 is 0. The number of hydrogen-bond acceptors (Lipinski definition) is 3. The van der Waals surface area contributed by atoms with E-state index in [2.05, 4.69) is 16.8 Å². The van der Waals surface area contributed by atoms with Crippen LogP contribution in [0.25, 0.3) is 17.5 Å². The van der Waals surface area contributed by atoms with Crippen molar-refractivity contribution in [3.63, 3.8) is 0 Å². The number of aryl methyl sites for hydroxylation is 1. The van der Waals surface area contributed by atoms with Gasteiger partial charge in [-0.25, -0.2) is 4.68 Å². The van der Waals surface area contributed by atoms with Crippen LogP contribution in [0.4, 0.5) is 5.82 Å². The van der Waals surface area contributed by atoms with Crippen LogP contribution in [0.5, 0.6) is 0 Å². The van der Waals surface area contributed by atoms with Crippen LogP contribution in [-0.2, 0) is 7.05 Å². The maximum Gasteiger partial charge on any atom is 0.121 e. The molecule has 5 heteroatoms. The lowest BCUT2D eigenvalue weighted by Crippen LogP contribution is -1.96. The Balaban J connectivity index is 2.43. The molecule has 0 radical (unpaired) electrons. The predicted octanol–water partition coefficient (Wildman–Crippen LogP) is 0.966. The number of nitrogens with zero attached hydrogens (tertiary/aromatic N) is 4. The van der Waals surface area contributed by atoms with E-state index in [4.69, 9.17) is 5.73 Å². The van der Waals surface area contributed by atoms with E-state index in [1.54, 1.807) is 28.8 Å². The van der Waals surface area contributed by atoms with E-state index in [9.17, 15) is 0 Å². The van der Waals surface area contributed by atoms with E-state index in [1.807, 2.05) is 12.3 Å². The zero-order chi connectivity index (χ0) is 10.1. The number of anilines is 1. The number of rotatable bonds is 2. The van der Waals surface area contributed by atoms with E-state index in [0.717, 1.165) is 11.3 Å². The van der Waals surface area contributed by atoms with Crippen LogP contribution in [0.1, 0.15) is 0 Å². The molecule has 0 bridgehead atoms. The smallest absolute Gasteiger partial charge is 0.121 e. The summed E-state index contributed by atoms with van der Waals surface area (Å²) < 4.78 is 3.25. The highest BCUT2D eigenvalue weighted by Crippen LogP contribution is 2.18. The van der Waals surface area contributed by atoms with Crippen LogP contribution in [0.15, 0.2) is 25.0 Å². The second kappa shape index (κ2) is 3.02. The molecule has 72 valence electrons. The van der Waals surface area contributed by atoms with Crippen molar-refractivity contribution < 1.29 is 0 Å². The number of nitrogens with two attached hydrogens (primary N) is 1. The van der Waals surface area contributed by atoms with Gasteiger partial charge in [0.05, 0.1) is 11.9 Å². The van der Waals surface area contributed by atoms with Gasteiger partial charge >= 0.3 is 0 Å². The van der Waals surface area contributed by atoms with E-state index in [-0.39, 0.29) is 0 Å². The minimum atomic E-state index is 0.631. The molecule has 2 aromatic rings. The van der Waals surface area contributed by atoms with Crippen molar-refractivity contribution >= 4 is 12.0 Å². The van der Waals surface area contributed by atoms with Gasteiger partial charge in [-0.1, -0.05) is 6.58 Å². The minimum Gasteiger partial charge on any atom is -0.384 e. The quantitative estimate of drug-likeness (QED) is 0.765. The first kappa shape index (κ1) is 8.55. The summed E-state index contributed by atoms with van der Waals surface area (Å²) in [5.41, 5.74) is 7.42. The van der Waals surface area contributed by atoms with Gasteiger partial charge in [-0.15, -0.1) is 0 Å². The summed E-state index contributed by atoms with van der Waals surface area (Å²) in [6, 6.07) is 1.81. The summed E-state index contributed by atoms with van der Waals surface area (Å²) in [6.45, 7) is 3.61. The first-order chi connectivity index (χ1) is 6.70. The summed E-state index contributed by atoms with van der Waals surface area (Å²) in [5, 5.41) is 8.29. The third-order valence-electron chi connectivity index (χ3n) is 2.00. The number of hydrogen-bond donors (Lipinski definition) is 1. The van der Waals surface area contributed by atoms with Gasteiger partial charge in [-0.3, -0.25) is 4.68 Å². The molecule has 0 saturated heterocycles. The Morgan fingerprint density at radius 1 is 1.57 bits per heavy atom. The van der Waals surface area contributed by atoms with Gasteiger partial charge in [0.15, 0.2) is 0 Å². The zero-order valence-electron chi connectivity index (χ0n) is 7.88. The van der Waals surface area contributed by atoms with Crippen LogP contribution < -0.4 is 5.73 Å². The molecule has 0 atom stereocenters. The van der Waals surface area contributed by atoms with Crippen LogP contribution in [-0.4, -0.2) is 19.6 Å². The molecule has 5 nitrogen and oxygen atoms in total. The van der Waals surface area contributed by atoms with Crippen LogP contribution in [0, 0.1) is 0 Å². The molecule has 0 saturated carbocycles. The number of aromatic nitrogens is 4. The molecular formula is C9H11N5. The molecule has 0 aromatic carbocycles. The van der Waals surface area contributed by atoms with Gasteiger partial charge in [0.2, 0.25) is 0 Å². The predicted molar refractivity (Wildman–Crippen MR) is 55.2 cm³/mol. The first-order valence-electron chi connectivity index (χ1n) is 4.17. The first-order valence-corrected chi connectivity index (χ1v) is 4.17. The summed E-state index contributed by atoms with van der Waals surface area (Å²) in [6.07, 6.45) is 5.19. The molecule has 0 aliphatic heterocycles. The maximum absolute atomic E-state index is 5.67. The van der Waals surface area contributed by atoms with Crippen LogP contribution in [0.2, 0.25) is 0 Å². The third kappa shape index (κ3) is 1.28. The maximum atomic E-state index is 5.67. The van der Waals surface area contributed by atoms with Gasteiger partial charge in [0, 0.05) is 31.1 Å². The summed E-state index contributed by atoms with van der Waals surface area (Å²) in [7, 11) is 1.80. The average Bonchev–Trinajstić information content (AvgIpc) is 2.74. The molecule has 0 aliphatic rings. The number of nitrogen functional groups attached to an aromatic ring is 1. The van der Waals surface area contributed by atoms with Crippen molar-refractivity contribution in [2.45, 2.75) is 0 Å². The molecule has 0 spiro atoms. The monoisotopic (exact) mass is 189 g/mol. The van der Waals surface area contributed by atoms with Crippen molar-refractivity contribution in [2.24, 2.45) is 7.05 Å². The Morgan fingerprint density at radius 2 is 2.36 bits per heavy atom. The topological polar surface area (TPSA) is 61.7 Å². The second-order valence-corrected chi connectivity index (χ2v) is 2.97. The Labute approximate surface area is 81.4 Å². The average molecular weight is 189 g/mol. The second-order valence-electron chi connectivity index (χ2n) is 2.97. The van der Waals surface area contributed by atoms with Gasteiger partial charge in [0.1, 0.15) is 5.82 Å². The SMILES string of the molecule is C=Cn1cc(-c2cc(N)n(C)n2)cn1. The van der Waals surface area contributed by atoms with E-state index in [1.165, 1.54) is 0 Å². The fraction of sp³-hybridized carbons (Fsp3) is 0.111. The standard InChI is InChI=1S/C9H11N5/c1-3-14-6-7(5-11-14)8-4-9(10)13(2)12-8/h3-6H,1,10H2,2H3. The Hall–Kier alpha value is -2.04. The van der Waals surface area contributed by atoms with Gasteiger partial charge in [-0.2, -0.15) is 10.2 Å². The van der Waals surface area contributed by atoms with Gasteiger partial charge in [-0.05, 0) is 0 Å². The molecule has 0 fully saturated rings. The van der Waals surface area contributed by atoms with E-state index in [0.29, 0.717) is 5.82 Å². The molecule has 2 N–H and O–H groups in total. The highest BCUT2D eigenvalue weighted by atomic mass is 15.3. The molecular weight excluding hydrogens is 178 g/mol. The normalized spacial score (nSPS) is 10.4. The summed E-state index contributed by atoms with van der Waals surface area (Å²) in [5.74, 6) is 0.631. The van der Waals surface area contributed by atoms with Crippen molar-refractivity contribution in [1.82, 2.24) is 19.6 Å². The minimum absolute atomic E-state index is 0.631. The van der Waals surface area contributed by atoms with Crippen molar-refractivity contribution in [3.05, 3.63) is 25.0 Å². The molecule has 2 heterocycles. The lowest BCUT2D eigenvalue weighted by atomic mass is 10.2. The highest BCUT2D eigenvalue weighted by Gasteiger charge is 2.06. The molecule has 0 aliphatic carbocycles. The molecule has 0 unspecified atom stereocenters. The lowest BCUT2D eigenvalue weighted by molar-refractivity contribution is 0.782. The van der Waals surface area contributed by atoms with Crippen LogP contribution in [0.3, 0.4) is 0 Å².